The van der Waals surface area contributed by atoms with Gasteiger partial charge in [0.25, 0.3) is 0 Å². The molecule has 0 atom stereocenters. The first-order valence-electron chi connectivity index (χ1n) is 8.12. The van der Waals surface area contributed by atoms with Gasteiger partial charge in [-0.2, -0.15) is 0 Å². The number of benzene rings is 1. The molecule has 1 aromatic carbocycles. The van der Waals surface area contributed by atoms with E-state index in [1.165, 1.54) is 24.9 Å². The number of hydrogen-bond acceptors (Lipinski definition) is 4. The van der Waals surface area contributed by atoms with Gasteiger partial charge in [0.2, 0.25) is 11.8 Å². The topological polar surface area (TPSA) is 64.7 Å². The lowest BCUT2D eigenvalue weighted by Gasteiger charge is -2.28. The number of nitrogens with zero attached hydrogens (tertiary/aromatic N) is 2. The Morgan fingerprint density at radius 3 is 2.26 bits per heavy atom. The van der Waals surface area contributed by atoms with Crippen molar-refractivity contribution in [3.8, 4) is 0 Å². The minimum Gasteiger partial charge on any atom is -0.372 e. The van der Waals surface area contributed by atoms with E-state index in [1.807, 2.05) is 12.1 Å². The van der Waals surface area contributed by atoms with Crippen LogP contribution in [0.3, 0.4) is 0 Å². The number of piperidine rings is 1. The summed E-state index contributed by atoms with van der Waals surface area (Å²) in [6.45, 7) is 2.60. The molecule has 6 nitrogen and oxygen atoms in total. The van der Waals surface area contributed by atoms with Gasteiger partial charge < -0.3 is 15.5 Å². The van der Waals surface area contributed by atoms with Gasteiger partial charge in [-0.3, -0.25) is 14.5 Å². The summed E-state index contributed by atoms with van der Waals surface area (Å²) >= 11 is 0. The lowest BCUT2D eigenvalue weighted by atomic mass is 10.1. The SMILES string of the molecule is CNC(=O)CN(C)CC(=O)Nc1ccc(N2CCCCC2)cc1. The highest BCUT2D eigenvalue weighted by Gasteiger charge is 2.12. The van der Waals surface area contributed by atoms with E-state index < -0.39 is 0 Å². The van der Waals surface area contributed by atoms with Crippen LogP contribution in [-0.2, 0) is 9.59 Å². The molecule has 2 rings (SSSR count). The van der Waals surface area contributed by atoms with Crippen molar-refractivity contribution in [1.29, 1.82) is 0 Å². The average Bonchev–Trinajstić information content (AvgIpc) is 2.56. The fourth-order valence-corrected chi connectivity index (χ4v) is 2.73. The quantitative estimate of drug-likeness (QED) is 0.830. The normalized spacial score (nSPS) is 14.7. The van der Waals surface area contributed by atoms with E-state index in [2.05, 4.69) is 27.7 Å². The molecule has 0 radical (unpaired) electrons. The van der Waals surface area contributed by atoms with Crippen molar-refractivity contribution in [2.24, 2.45) is 0 Å². The standard InChI is InChI=1S/C17H26N4O2/c1-18-16(22)12-20(2)13-17(23)19-14-6-8-15(9-7-14)21-10-4-3-5-11-21/h6-9H,3-5,10-13H2,1-2H3,(H,18,22)(H,19,23). The molecule has 126 valence electrons. The van der Waals surface area contributed by atoms with E-state index in [0.717, 1.165) is 18.8 Å². The van der Waals surface area contributed by atoms with E-state index in [0.29, 0.717) is 0 Å². The van der Waals surface area contributed by atoms with Crippen molar-refractivity contribution < 1.29 is 9.59 Å². The van der Waals surface area contributed by atoms with Gasteiger partial charge in [0.15, 0.2) is 0 Å². The van der Waals surface area contributed by atoms with Gasteiger partial charge in [0.1, 0.15) is 0 Å². The highest BCUT2D eigenvalue weighted by molar-refractivity contribution is 5.92. The van der Waals surface area contributed by atoms with Gasteiger partial charge in [-0.05, 0) is 50.6 Å². The Morgan fingerprint density at radius 2 is 1.65 bits per heavy atom. The zero-order chi connectivity index (χ0) is 16.7. The van der Waals surface area contributed by atoms with Crippen LogP contribution in [0, 0.1) is 0 Å². The van der Waals surface area contributed by atoms with Crippen LogP contribution < -0.4 is 15.5 Å². The van der Waals surface area contributed by atoms with E-state index >= 15 is 0 Å². The summed E-state index contributed by atoms with van der Waals surface area (Å²) in [5.74, 6) is -0.228. The molecule has 0 bridgehead atoms. The number of nitrogens with one attached hydrogen (secondary N) is 2. The Morgan fingerprint density at radius 1 is 1.04 bits per heavy atom. The molecule has 0 aliphatic carbocycles. The number of anilines is 2. The molecular formula is C17H26N4O2. The number of rotatable bonds is 6. The smallest absolute Gasteiger partial charge is 0.238 e. The minimum atomic E-state index is -0.123. The Balaban J connectivity index is 1.82. The van der Waals surface area contributed by atoms with Crippen molar-refractivity contribution in [3.63, 3.8) is 0 Å². The molecule has 1 heterocycles. The van der Waals surface area contributed by atoms with Crippen molar-refractivity contribution in [2.75, 3.05) is 50.5 Å². The summed E-state index contributed by atoms with van der Waals surface area (Å²) in [7, 11) is 3.33. The predicted molar refractivity (Wildman–Crippen MR) is 92.7 cm³/mol. The first kappa shape index (κ1) is 17.3. The monoisotopic (exact) mass is 318 g/mol. The van der Waals surface area contributed by atoms with Crippen molar-refractivity contribution >= 4 is 23.2 Å². The van der Waals surface area contributed by atoms with Gasteiger partial charge in [0, 0.05) is 31.5 Å². The van der Waals surface area contributed by atoms with Crippen molar-refractivity contribution in [3.05, 3.63) is 24.3 Å². The first-order chi connectivity index (χ1) is 11.1. The molecule has 6 heteroatoms. The molecule has 2 N–H and O–H groups in total. The van der Waals surface area contributed by atoms with Crippen molar-refractivity contribution in [2.45, 2.75) is 19.3 Å². The lowest BCUT2D eigenvalue weighted by molar-refractivity contribution is -0.122. The number of carbonyl (C=O) groups excluding carboxylic acids is 2. The summed E-state index contributed by atoms with van der Waals surface area (Å²) in [5.41, 5.74) is 1.99. The fourth-order valence-electron chi connectivity index (χ4n) is 2.73. The summed E-state index contributed by atoms with van der Waals surface area (Å²) in [6, 6.07) is 7.96. The Kier molecular flexibility index (Phi) is 6.40. The number of likely N-dealkylation sites (N-methyl/N-ethyl adjacent to an activating group) is 2. The van der Waals surface area contributed by atoms with Crippen molar-refractivity contribution in [1.82, 2.24) is 10.2 Å². The van der Waals surface area contributed by atoms with Crippen LogP contribution in [0.1, 0.15) is 19.3 Å². The zero-order valence-corrected chi connectivity index (χ0v) is 14.0. The third-order valence-electron chi connectivity index (χ3n) is 3.98. The van der Waals surface area contributed by atoms with E-state index in [-0.39, 0.29) is 24.9 Å². The molecule has 1 aliphatic heterocycles. The molecule has 1 saturated heterocycles. The fraction of sp³-hybridized carbons (Fsp3) is 0.529. The highest BCUT2D eigenvalue weighted by atomic mass is 16.2. The van der Waals surface area contributed by atoms with Gasteiger partial charge in [-0.1, -0.05) is 0 Å². The second-order valence-electron chi connectivity index (χ2n) is 5.99. The maximum atomic E-state index is 12.0. The number of amides is 2. The zero-order valence-electron chi connectivity index (χ0n) is 14.0. The minimum absolute atomic E-state index is 0.105. The lowest BCUT2D eigenvalue weighted by Crippen LogP contribution is -2.37. The molecule has 0 aromatic heterocycles. The summed E-state index contributed by atoms with van der Waals surface area (Å²) in [4.78, 5) is 27.3. The van der Waals surface area contributed by atoms with Crippen LogP contribution >= 0.6 is 0 Å². The maximum Gasteiger partial charge on any atom is 0.238 e. The molecular weight excluding hydrogens is 292 g/mol. The Labute approximate surface area is 137 Å². The van der Waals surface area contributed by atoms with Crippen LogP contribution in [0.4, 0.5) is 11.4 Å². The molecule has 1 fully saturated rings. The number of hydrogen-bond donors (Lipinski definition) is 2. The largest absolute Gasteiger partial charge is 0.372 e. The molecule has 0 spiro atoms. The van der Waals surface area contributed by atoms with Gasteiger partial charge in [0.05, 0.1) is 13.1 Å². The van der Waals surface area contributed by atoms with E-state index in [4.69, 9.17) is 0 Å². The van der Waals surface area contributed by atoms with Crippen LogP contribution in [-0.4, -0.2) is 57.0 Å². The van der Waals surface area contributed by atoms with Crippen LogP contribution in [0.5, 0.6) is 0 Å². The molecule has 23 heavy (non-hydrogen) atoms. The Hall–Kier alpha value is -2.08. The maximum absolute atomic E-state index is 12.0. The number of carbonyl (C=O) groups is 2. The van der Waals surface area contributed by atoms with Gasteiger partial charge in [-0.15, -0.1) is 0 Å². The molecule has 0 unspecified atom stereocenters. The second kappa shape index (κ2) is 8.53. The summed E-state index contributed by atoms with van der Waals surface area (Å²) < 4.78 is 0. The van der Waals surface area contributed by atoms with Crippen LogP contribution in [0.2, 0.25) is 0 Å². The summed E-state index contributed by atoms with van der Waals surface area (Å²) in [6.07, 6.45) is 3.81. The third kappa shape index (κ3) is 5.56. The van der Waals surface area contributed by atoms with E-state index in [9.17, 15) is 9.59 Å². The molecule has 1 aliphatic rings. The summed E-state index contributed by atoms with van der Waals surface area (Å²) in [5, 5.41) is 5.40. The predicted octanol–water partition coefficient (Wildman–Crippen LogP) is 1.29. The van der Waals surface area contributed by atoms with Crippen LogP contribution in [0.25, 0.3) is 0 Å². The van der Waals surface area contributed by atoms with Gasteiger partial charge >= 0.3 is 0 Å². The second-order valence-corrected chi connectivity index (χ2v) is 5.99. The third-order valence-corrected chi connectivity index (χ3v) is 3.98. The van der Waals surface area contributed by atoms with Crippen LogP contribution in [0.15, 0.2) is 24.3 Å². The van der Waals surface area contributed by atoms with Gasteiger partial charge in [-0.25, -0.2) is 0 Å². The molecule has 1 aromatic rings. The molecule has 0 saturated carbocycles. The average molecular weight is 318 g/mol. The Bertz CT molecular complexity index is 524. The molecule has 2 amide bonds. The van der Waals surface area contributed by atoms with E-state index in [1.54, 1.807) is 19.0 Å². The highest BCUT2D eigenvalue weighted by Crippen LogP contribution is 2.21. The first-order valence-corrected chi connectivity index (χ1v) is 8.12.